The lowest BCUT2D eigenvalue weighted by Gasteiger charge is -2.07. The van der Waals surface area contributed by atoms with Gasteiger partial charge in [-0.2, -0.15) is 0 Å². The summed E-state index contributed by atoms with van der Waals surface area (Å²) in [5.41, 5.74) is 3.09. The summed E-state index contributed by atoms with van der Waals surface area (Å²) in [4.78, 5) is 10.8. The Morgan fingerprint density at radius 2 is 1.55 bits per heavy atom. The first-order chi connectivity index (χ1) is 9.66. The van der Waals surface area contributed by atoms with Crippen LogP contribution in [0.25, 0.3) is 21.8 Å². The van der Waals surface area contributed by atoms with Crippen LogP contribution in [-0.4, -0.2) is 15.6 Å². The molecule has 0 aliphatic carbocycles. The topological polar surface area (TPSA) is 42.2 Å². The number of carboxylic acid groups (broad SMARTS) is 1. The van der Waals surface area contributed by atoms with Crippen LogP contribution in [0, 0.1) is 0 Å². The van der Waals surface area contributed by atoms with E-state index in [0.717, 1.165) is 16.6 Å². The van der Waals surface area contributed by atoms with Gasteiger partial charge in [0.2, 0.25) is 0 Å². The molecule has 0 radical (unpaired) electrons. The number of carboxylic acids is 1. The monoisotopic (exact) mass is 265 g/mol. The Hall–Kier alpha value is -2.55. The smallest absolute Gasteiger partial charge is 0.328 e. The Bertz CT molecular complexity index is 774. The molecule has 0 saturated carbocycles. The Kier molecular flexibility index (Phi) is 3.03. The van der Waals surface area contributed by atoms with Crippen LogP contribution >= 0.6 is 0 Å². The van der Waals surface area contributed by atoms with Gasteiger partial charge in [-0.3, -0.25) is 0 Å². The van der Waals surface area contributed by atoms with Crippen LogP contribution in [0.1, 0.15) is 6.92 Å². The standard InChI is InChI=1S/C17H15NO2/c1-12(10-17(19)20)11-18-15-8-4-2-6-13(15)14-7-3-5-9-16(14)18/h2-10H,11H2,1H3,(H,19,20). The average Bonchev–Trinajstić information content (AvgIpc) is 2.73. The zero-order valence-corrected chi connectivity index (χ0v) is 11.2. The summed E-state index contributed by atoms with van der Waals surface area (Å²) in [6.07, 6.45) is 1.27. The molecule has 3 heteroatoms. The third-order valence-corrected chi connectivity index (χ3v) is 3.46. The Balaban J connectivity index is 2.24. The summed E-state index contributed by atoms with van der Waals surface area (Å²) in [5, 5.41) is 11.3. The van der Waals surface area contributed by atoms with Crippen LogP contribution in [0.3, 0.4) is 0 Å². The first-order valence-electron chi connectivity index (χ1n) is 6.53. The molecule has 0 bridgehead atoms. The third kappa shape index (κ3) is 2.07. The van der Waals surface area contributed by atoms with E-state index in [4.69, 9.17) is 5.11 Å². The van der Waals surface area contributed by atoms with E-state index >= 15 is 0 Å². The lowest BCUT2D eigenvalue weighted by molar-refractivity contribution is -0.131. The number of carbonyl (C=O) groups is 1. The quantitative estimate of drug-likeness (QED) is 0.731. The summed E-state index contributed by atoms with van der Waals surface area (Å²) in [6, 6.07) is 16.4. The van der Waals surface area contributed by atoms with Gasteiger partial charge in [-0.25, -0.2) is 4.79 Å². The largest absolute Gasteiger partial charge is 0.478 e. The molecule has 1 heterocycles. The number of allylic oxidation sites excluding steroid dienone is 1. The fourth-order valence-electron chi connectivity index (χ4n) is 2.68. The molecular formula is C17H15NO2. The Morgan fingerprint density at radius 3 is 2.05 bits per heavy atom. The number of aliphatic carboxylic acids is 1. The molecule has 2 aromatic carbocycles. The minimum atomic E-state index is -0.900. The van der Waals surface area contributed by atoms with E-state index in [1.807, 2.05) is 31.2 Å². The van der Waals surface area contributed by atoms with Crippen molar-refractivity contribution < 1.29 is 9.90 Å². The maximum atomic E-state index is 10.8. The van der Waals surface area contributed by atoms with Crippen molar-refractivity contribution in [1.82, 2.24) is 4.57 Å². The van der Waals surface area contributed by atoms with Crippen molar-refractivity contribution in [3.8, 4) is 0 Å². The molecule has 3 nitrogen and oxygen atoms in total. The second-order valence-corrected chi connectivity index (χ2v) is 4.95. The SMILES string of the molecule is CC(=CC(=O)O)Cn1c2ccccc2c2ccccc21. The summed E-state index contributed by atoms with van der Waals surface area (Å²) in [5.74, 6) is -0.900. The maximum absolute atomic E-state index is 10.8. The number of hydrogen-bond donors (Lipinski definition) is 1. The van der Waals surface area contributed by atoms with Gasteiger partial charge in [-0.05, 0) is 24.6 Å². The molecule has 1 aromatic heterocycles. The number of nitrogens with zero attached hydrogens (tertiary/aromatic N) is 1. The first-order valence-corrected chi connectivity index (χ1v) is 6.53. The van der Waals surface area contributed by atoms with Gasteiger partial charge in [0.25, 0.3) is 0 Å². The predicted octanol–water partition coefficient (Wildman–Crippen LogP) is 3.83. The molecule has 0 atom stereocenters. The number of hydrogen-bond acceptors (Lipinski definition) is 1. The van der Waals surface area contributed by atoms with Crippen molar-refractivity contribution >= 4 is 27.8 Å². The molecule has 20 heavy (non-hydrogen) atoms. The number of para-hydroxylation sites is 2. The van der Waals surface area contributed by atoms with Crippen LogP contribution < -0.4 is 0 Å². The van der Waals surface area contributed by atoms with Gasteiger partial charge < -0.3 is 9.67 Å². The van der Waals surface area contributed by atoms with Crippen LogP contribution in [0.15, 0.2) is 60.2 Å². The number of aromatic nitrogens is 1. The minimum Gasteiger partial charge on any atom is -0.478 e. The van der Waals surface area contributed by atoms with Crippen molar-refractivity contribution in [2.75, 3.05) is 0 Å². The van der Waals surface area contributed by atoms with Gasteiger partial charge >= 0.3 is 5.97 Å². The molecule has 0 aliphatic rings. The lowest BCUT2D eigenvalue weighted by atomic mass is 10.2. The summed E-state index contributed by atoms with van der Waals surface area (Å²) in [6.45, 7) is 2.43. The highest BCUT2D eigenvalue weighted by molar-refractivity contribution is 6.08. The maximum Gasteiger partial charge on any atom is 0.328 e. The molecule has 100 valence electrons. The zero-order chi connectivity index (χ0) is 14.1. The molecule has 0 spiro atoms. The second kappa shape index (κ2) is 4.85. The van der Waals surface area contributed by atoms with Crippen molar-refractivity contribution in [3.63, 3.8) is 0 Å². The van der Waals surface area contributed by atoms with Gasteiger partial charge in [-0.15, -0.1) is 0 Å². The highest BCUT2D eigenvalue weighted by atomic mass is 16.4. The van der Waals surface area contributed by atoms with Gasteiger partial charge in [0.1, 0.15) is 0 Å². The molecule has 0 unspecified atom stereocenters. The minimum absolute atomic E-state index is 0.584. The summed E-state index contributed by atoms with van der Waals surface area (Å²) < 4.78 is 2.17. The van der Waals surface area contributed by atoms with Crippen LogP contribution in [-0.2, 0) is 11.3 Å². The van der Waals surface area contributed by atoms with E-state index in [0.29, 0.717) is 6.54 Å². The first kappa shape index (κ1) is 12.5. The van der Waals surface area contributed by atoms with Crippen molar-refractivity contribution in [2.24, 2.45) is 0 Å². The zero-order valence-electron chi connectivity index (χ0n) is 11.2. The Labute approximate surface area is 116 Å². The fraction of sp³-hybridized carbons (Fsp3) is 0.118. The molecule has 0 aliphatic heterocycles. The van der Waals surface area contributed by atoms with E-state index in [-0.39, 0.29) is 0 Å². The molecule has 3 aromatic rings. The summed E-state index contributed by atoms with van der Waals surface area (Å²) in [7, 11) is 0. The Morgan fingerprint density at radius 1 is 1.05 bits per heavy atom. The van der Waals surface area contributed by atoms with E-state index in [2.05, 4.69) is 28.8 Å². The van der Waals surface area contributed by atoms with Gasteiger partial charge in [0.15, 0.2) is 0 Å². The molecular weight excluding hydrogens is 250 g/mol. The van der Waals surface area contributed by atoms with E-state index in [9.17, 15) is 4.79 Å². The highest BCUT2D eigenvalue weighted by Gasteiger charge is 2.09. The van der Waals surface area contributed by atoms with E-state index in [1.165, 1.54) is 16.8 Å². The predicted molar refractivity (Wildman–Crippen MR) is 80.8 cm³/mol. The van der Waals surface area contributed by atoms with Crippen molar-refractivity contribution in [1.29, 1.82) is 0 Å². The van der Waals surface area contributed by atoms with Crippen LogP contribution in [0.5, 0.6) is 0 Å². The number of fused-ring (bicyclic) bond motifs is 3. The fourth-order valence-corrected chi connectivity index (χ4v) is 2.68. The number of benzene rings is 2. The van der Waals surface area contributed by atoms with Crippen LogP contribution in [0.2, 0.25) is 0 Å². The molecule has 1 N–H and O–H groups in total. The summed E-state index contributed by atoms with van der Waals surface area (Å²) >= 11 is 0. The highest BCUT2D eigenvalue weighted by Crippen LogP contribution is 2.29. The van der Waals surface area contributed by atoms with Crippen LogP contribution in [0.4, 0.5) is 0 Å². The lowest BCUT2D eigenvalue weighted by Crippen LogP contribution is -2.01. The average molecular weight is 265 g/mol. The normalized spacial score (nSPS) is 12.2. The van der Waals surface area contributed by atoms with E-state index in [1.54, 1.807) is 0 Å². The van der Waals surface area contributed by atoms with Gasteiger partial charge in [0, 0.05) is 34.4 Å². The van der Waals surface area contributed by atoms with Gasteiger partial charge in [-0.1, -0.05) is 36.4 Å². The molecule has 0 amide bonds. The molecule has 0 saturated heterocycles. The third-order valence-electron chi connectivity index (χ3n) is 3.46. The van der Waals surface area contributed by atoms with E-state index < -0.39 is 5.97 Å². The second-order valence-electron chi connectivity index (χ2n) is 4.95. The van der Waals surface area contributed by atoms with Crippen molar-refractivity contribution in [2.45, 2.75) is 13.5 Å². The molecule has 0 fully saturated rings. The van der Waals surface area contributed by atoms with Gasteiger partial charge in [0.05, 0.1) is 0 Å². The number of rotatable bonds is 3. The molecule has 3 rings (SSSR count). The van der Waals surface area contributed by atoms with Crippen molar-refractivity contribution in [3.05, 3.63) is 60.2 Å².